The molecule has 3 heteroatoms. The fourth-order valence-electron chi connectivity index (χ4n) is 3.00. The van der Waals surface area contributed by atoms with E-state index in [9.17, 15) is 4.79 Å². The number of nitrogens with one attached hydrogen (secondary N) is 1. The Morgan fingerprint density at radius 1 is 1.20 bits per heavy atom. The molecular formula is C17H21NO2. The zero-order chi connectivity index (χ0) is 14.2. The summed E-state index contributed by atoms with van der Waals surface area (Å²) >= 11 is 0. The van der Waals surface area contributed by atoms with Crippen molar-refractivity contribution in [3.8, 4) is 0 Å². The Bertz CT molecular complexity index is 572. The lowest BCUT2D eigenvalue weighted by atomic mass is 9.86. The molecule has 0 atom stereocenters. The van der Waals surface area contributed by atoms with Crippen LogP contribution >= 0.6 is 0 Å². The van der Waals surface area contributed by atoms with Crippen LogP contribution in [0.25, 0.3) is 5.57 Å². The van der Waals surface area contributed by atoms with Gasteiger partial charge in [0.25, 0.3) is 0 Å². The molecule has 1 aromatic carbocycles. The summed E-state index contributed by atoms with van der Waals surface area (Å²) in [4.78, 5) is 16.8. The van der Waals surface area contributed by atoms with Crippen molar-refractivity contribution in [2.24, 2.45) is 0 Å². The third kappa shape index (κ3) is 2.38. The van der Waals surface area contributed by atoms with E-state index in [0.29, 0.717) is 5.56 Å². The summed E-state index contributed by atoms with van der Waals surface area (Å²) in [5, 5.41) is 0. The number of carbonyl (C=O) groups excluding carboxylic acids is 1. The first-order chi connectivity index (χ1) is 9.58. The molecule has 0 unspecified atom stereocenters. The summed E-state index contributed by atoms with van der Waals surface area (Å²) in [7, 11) is 0. The van der Waals surface area contributed by atoms with Crippen LogP contribution in [-0.2, 0) is 10.4 Å². The first-order valence-electron chi connectivity index (χ1n) is 7.40. The normalized spacial score (nSPS) is 21.5. The number of hydrogen-bond acceptors (Lipinski definition) is 3. The lowest BCUT2D eigenvalue weighted by Crippen LogP contribution is -2.43. The fourth-order valence-corrected chi connectivity index (χ4v) is 3.00. The second kappa shape index (κ2) is 5.06. The van der Waals surface area contributed by atoms with Crippen molar-refractivity contribution < 1.29 is 9.63 Å². The number of carbonyl (C=O) groups is 1. The minimum atomic E-state index is -0.343. The van der Waals surface area contributed by atoms with Gasteiger partial charge in [-0.15, -0.1) is 5.48 Å². The standard InChI is InChI=1S/C17H21NO2/c1-17(2)15-11-13(12-7-5-3-4-6-8-12)9-10-14(15)16(19)20-18-17/h7,9-11,18H,3-6,8H2,1-2H3. The van der Waals surface area contributed by atoms with E-state index < -0.39 is 0 Å². The topological polar surface area (TPSA) is 38.3 Å². The van der Waals surface area contributed by atoms with Gasteiger partial charge in [0.15, 0.2) is 0 Å². The molecule has 106 valence electrons. The van der Waals surface area contributed by atoms with Gasteiger partial charge in [-0.3, -0.25) is 0 Å². The lowest BCUT2D eigenvalue weighted by Gasteiger charge is -2.32. The second-order valence-corrected chi connectivity index (χ2v) is 6.21. The van der Waals surface area contributed by atoms with Gasteiger partial charge >= 0.3 is 5.97 Å². The van der Waals surface area contributed by atoms with Crippen LogP contribution in [0.4, 0.5) is 0 Å². The van der Waals surface area contributed by atoms with Gasteiger partial charge in [0.1, 0.15) is 0 Å². The van der Waals surface area contributed by atoms with E-state index in [1.807, 2.05) is 19.9 Å². The highest BCUT2D eigenvalue weighted by Gasteiger charge is 2.33. The molecule has 0 aromatic heterocycles. The summed E-state index contributed by atoms with van der Waals surface area (Å²) < 4.78 is 0. The number of allylic oxidation sites excluding steroid dienone is 2. The first-order valence-corrected chi connectivity index (χ1v) is 7.40. The molecular weight excluding hydrogens is 250 g/mol. The van der Waals surface area contributed by atoms with Crippen molar-refractivity contribution in [1.29, 1.82) is 0 Å². The zero-order valence-corrected chi connectivity index (χ0v) is 12.2. The van der Waals surface area contributed by atoms with Crippen molar-refractivity contribution in [2.75, 3.05) is 0 Å². The predicted octanol–water partition coefficient (Wildman–Crippen LogP) is 3.94. The Hall–Kier alpha value is -1.61. The van der Waals surface area contributed by atoms with Gasteiger partial charge in [0.2, 0.25) is 0 Å². The number of fused-ring (bicyclic) bond motifs is 1. The maximum atomic E-state index is 11.8. The maximum Gasteiger partial charge on any atom is 0.357 e. The zero-order valence-electron chi connectivity index (χ0n) is 12.2. The number of hydrogen-bond donors (Lipinski definition) is 1. The van der Waals surface area contributed by atoms with Gasteiger partial charge in [0.05, 0.1) is 11.1 Å². The molecule has 3 nitrogen and oxygen atoms in total. The molecule has 0 amide bonds. The van der Waals surface area contributed by atoms with E-state index in [4.69, 9.17) is 4.84 Å². The van der Waals surface area contributed by atoms with E-state index in [1.165, 1.54) is 30.4 Å². The summed E-state index contributed by atoms with van der Waals surface area (Å²) in [5.41, 5.74) is 6.85. The van der Waals surface area contributed by atoms with Gasteiger partial charge in [0, 0.05) is 0 Å². The molecule has 1 aliphatic carbocycles. The molecule has 1 aliphatic heterocycles. The van der Waals surface area contributed by atoms with E-state index >= 15 is 0 Å². The smallest absolute Gasteiger partial charge is 0.357 e. The quantitative estimate of drug-likeness (QED) is 0.840. The predicted molar refractivity (Wildman–Crippen MR) is 79.1 cm³/mol. The minimum Gasteiger partial charge on any atom is -0.366 e. The average Bonchev–Trinajstić information content (AvgIpc) is 2.72. The van der Waals surface area contributed by atoms with E-state index in [-0.39, 0.29) is 11.5 Å². The highest BCUT2D eigenvalue weighted by atomic mass is 16.7. The molecule has 0 bridgehead atoms. The fraction of sp³-hybridized carbons (Fsp3) is 0.471. The summed E-state index contributed by atoms with van der Waals surface area (Å²) in [6, 6.07) is 6.11. The first kappa shape index (κ1) is 13.4. The Labute approximate surface area is 120 Å². The SMILES string of the molecule is CC1(C)NOC(=O)c2ccc(C3=CCCCCC3)cc21. The maximum absolute atomic E-state index is 11.8. The molecule has 2 aliphatic rings. The van der Waals surface area contributed by atoms with Gasteiger partial charge in [-0.2, -0.15) is 0 Å². The molecule has 0 radical (unpaired) electrons. The summed E-state index contributed by atoms with van der Waals surface area (Å²) in [6.07, 6.45) is 8.51. The molecule has 0 saturated carbocycles. The Morgan fingerprint density at radius 2 is 2.05 bits per heavy atom. The monoisotopic (exact) mass is 271 g/mol. The van der Waals surface area contributed by atoms with Crippen molar-refractivity contribution >= 4 is 11.5 Å². The Kier molecular flexibility index (Phi) is 3.38. The lowest BCUT2D eigenvalue weighted by molar-refractivity contribution is -0.00803. The van der Waals surface area contributed by atoms with Crippen LogP contribution in [0.5, 0.6) is 0 Å². The van der Waals surface area contributed by atoms with Crippen molar-refractivity contribution in [2.45, 2.75) is 51.5 Å². The van der Waals surface area contributed by atoms with Crippen LogP contribution in [0.15, 0.2) is 24.3 Å². The van der Waals surface area contributed by atoms with Gasteiger partial charge in [-0.25, -0.2) is 4.79 Å². The average molecular weight is 271 g/mol. The molecule has 1 N–H and O–H groups in total. The number of rotatable bonds is 1. The largest absolute Gasteiger partial charge is 0.366 e. The Morgan fingerprint density at radius 3 is 2.90 bits per heavy atom. The van der Waals surface area contributed by atoms with Crippen molar-refractivity contribution in [3.05, 3.63) is 41.0 Å². The van der Waals surface area contributed by atoms with E-state index in [0.717, 1.165) is 18.4 Å². The van der Waals surface area contributed by atoms with E-state index in [1.54, 1.807) is 0 Å². The summed E-state index contributed by atoms with van der Waals surface area (Å²) in [6.45, 7) is 4.06. The van der Waals surface area contributed by atoms with Crippen molar-refractivity contribution in [3.63, 3.8) is 0 Å². The van der Waals surface area contributed by atoms with Crippen molar-refractivity contribution in [1.82, 2.24) is 5.48 Å². The van der Waals surface area contributed by atoms with Crippen LogP contribution in [0, 0.1) is 0 Å². The molecule has 0 fully saturated rings. The number of hydroxylamine groups is 1. The molecule has 20 heavy (non-hydrogen) atoms. The van der Waals surface area contributed by atoms with Gasteiger partial charge < -0.3 is 4.84 Å². The van der Waals surface area contributed by atoms with Crippen LogP contribution in [0.1, 0.15) is 67.4 Å². The van der Waals surface area contributed by atoms with Crippen LogP contribution in [-0.4, -0.2) is 5.97 Å². The van der Waals surface area contributed by atoms with Crippen LogP contribution in [0.2, 0.25) is 0 Å². The molecule has 0 spiro atoms. The molecule has 0 saturated heterocycles. The third-order valence-electron chi connectivity index (χ3n) is 4.22. The molecule has 1 heterocycles. The van der Waals surface area contributed by atoms with Gasteiger partial charge in [-0.05, 0) is 68.4 Å². The highest BCUT2D eigenvalue weighted by Crippen LogP contribution is 2.33. The molecule has 1 aromatic rings. The number of benzene rings is 1. The second-order valence-electron chi connectivity index (χ2n) is 6.21. The Balaban J connectivity index is 2.03. The van der Waals surface area contributed by atoms with Gasteiger partial charge in [-0.1, -0.05) is 18.6 Å². The van der Waals surface area contributed by atoms with Crippen LogP contribution < -0.4 is 5.48 Å². The van der Waals surface area contributed by atoms with Crippen LogP contribution in [0.3, 0.4) is 0 Å². The minimum absolute atomic E-state index is 0.291. The third-order valence-corrected chi connectivity index (χ3v) is 4.22. The molecule has 3 rings (SSSR count). The highest BCUT2D eigenvalue weighted by molar-refractivity contribution is 5.93. The van der Waals surface area contributed by atoms with E-state index in [2.05, 4.69) is 23.7 Å². The summed E-state index contributed by atoms with van der Waals surface area (Å²) in [5.74, 6) is -0.291.